The normalized spacial score (nSPS) is 14.8. The fourth-order valence-electron chi connectivity index (χ4n) is 1.83. The van der Waals surface area contributed by atoms with E-state index in [2.05, 4.69) is 10.3 Å². The minimum atomic E-state index is -1.07. The SMILES string of the molecule is Cc1cccc(C(C)(O)c2cnnn2C)c1. The first-order chi connectivity index (χ1) is 7.51. The first kappa shape index (κ1) is 10.8. The zero-order valence-corrected chi connectivity index (χ0v) is 9.68. The van der Waals surface area contributed by atoms with Gasteiger partial charge in [-0.3, -0.25) is 0 Å². The van der Waals surface area contributed by atoms with Crippen molar-refractivity contribution in [1.29, 1.82) is 0 Å². The highest BCUT2D eigenvalue weighted by atomic mass is 16.3. The predicted molar refractivity (Wildman–Crippen MR) is 60.9 cm³/mol. The molecule has 0 saturated carbocycles. The summed E-state index contributed by atoms with van der Waals surface area (Å²) in [5, 5.41) is 18.2. The zero-order valence-electron chi connectivity index (χ0n) is 9.68. The fourth-order valence-corrected chi connectivity index (χ4v) is 1.83. The molecule has 1 N–H and O–H groups in total. The summed E-state index contributed by atoms with van der Waals surface area (Å²) in [6.45, 7) is 3.75. The van der Waals surface area contributed by atoms with Crippen LogP contribution in [0.25, 0.3) is 0 Å². The van der Waals surface area contributed by atoms with Crippen LogP contribution in [0.4, 0.5) is 0 Å². The molecule has 0 aliphatic carbocycles. The monoisotopic (exact) mass is 217 g/mol. The van der Waals surface area contributed by atoms with Crippen LogP contribution in [0.15, 0.2) is 30.5 Å². The van der Waals surface area contributed by atoms with Gasteiger partial charge in [0.2, 0.25) is 0 Å². The molecule has 0 radical (unpaired) electrons. The van der Waals surface area contributed by atoms with E-state index >= 15 is 0 Å². The highest BCUT2D eigenvalue weighted by molar-refractivity contribution is 5.33. The molecule has 0 amide bonds. The lowest BCUT2D eigenvalue weighted by molar-refractivity contribution is 0.0928. The third-order valence-corrected chi connectivity index (χ3v) is 2.79. The number of hydrogen-bond donors (Lipinski definition) is 1. The van der Waals surface area contributed by atoms with Crippen LogP contribution in [0.3, 0.4) is 0 Å². The lowest BCUT2D eigenvalue weighted by Crippen LogP contribution is -2.26. The van der Waals surface area contributed by atoms with Gasteiger partial charge in [-0.1, -0.05) is 35.0 Å². The molecule has 1 heterocycles. The quantitative estimate of drug-likeness (QED) is 0.826. The Kier molecular flexibility index (Phi) is 2.52. The standard InChI is InChI=1S/C12H15N3O/c1-9-5-4-6-10(7-9)12(2,16)11-8-13-14-15(11)3/h4-8,16H,1-3H3. The topological polar surface area (TPSA) is 50.9 Å². The second-order valence-corrected chi connectivity index (χ2v) is 4.18. The van der Waals surface area contributed by atoms with Gasteiger partial charge in [0, 0.05) is 7.05 Å². The second-order valence-electron chi connectivity index (χ2n) is 4.18. The smallest absolute Gasteiger partial charge is 0.130 e. The molecule has 84 valence electrons. The van der Waals surface area contributed by atoms with Gasteiger partial charge in [0.15, 0.2) is 0 Å². The van der Waals surface area contributed by atoms with Crippen LogP contribution in [0.1, 0.15) is 23.7 Å². The van der Waals surface area contributed by atoms with Gasteiger partial charge >= 0.3 is 0 Å². The van der Waals surface area contributed by atoms with Crippen molar-refractivity contribution in [3.63, 3.8) is 0 Å². The first-order valence-electron chi connectivity index (χ1n) is 5.16. The minimum absolute atomic E-state index is 0.679. The molecule has 4 nitrogen and oxygen atoms in total. The summed E-state index contributed by atoms with van der Waals surface area (Å²) >= 11 is 0. The van der Waals surface area contributed by atoms with Crippen LogP contribution in [0, 0.1) is 6.92 Å². The molecule has 2 rings (SSSR count). The Morgan fingerprint density at radius 3 is 2.69 bits per heavy atom. The third-order valence-electron chi connectivity index (χ3n) is 2.79. The van der Waals surface area contributed by atoms with Crippen molar-refractivity contribution >= 4 is 0 Å². The van der Waals surface area contributed by atoms with Crippen molar-refractivity contribution in [2.75, 3.05) is 0 Å². The lowest BCUT2D eigenvalue weighted by Gasteiger charge is -2.23. The number of aromatic nitrogens is 3. The Hall–Kier alpha value is -1.68. The minimum Gasteiger partial charge on any atom is -0.379 e. The van der Waals surface area contributed by atoms with Gasteiger partial charge in [-0.2, -0.15) is 0 Å². The molecule has 4 heteroatoms. The Morgan fingerprint density at radius 2 is 2.12 bits per heavy atom. The summed E-state index contributed by atoms with van der Waals surface area (Å²) in [7, 11) is 1.77. The van der Waals surface area contributed by atoms with E-state index in [1.54, 1.807) is 24.9 Å². The summed E-state index contributed by atoms with van der Waals surface area (Å²) in [5.74, 6) is 0. The largest absolute Gasteiger partial charge is 0.379 e. The van der Waals surface area contributed by atoms with E-state index in [1.165, 1.54) is 0 Å². The van der Waals surface area contributed by atoms with Crippen LogP contribution in [-0.4, -0.2) is 20.1 Å². The van der Waals surface area contributed by atoms with Crippen LogP contribution in [0.5, 0.6) is 0 Å². The average molecular weight is 217 g/mol. The van der Waals surface area contributed by atoms with Crippen LogP contribution in [-0.2, 0) is 12.6 Å². The zero-order chi connectivity index (χ0) is 11.8. The molecule has 2 aromatic rings. The summed E-state index contributed by atoms with van der Waals surface area (Å²) < 4.78 is 1.59. The van der Waals surface area contributed by atoms with Crippen LogP contribution >= 0.6 is 0 Å². The fraction of sp³-hybridized carbons (Fsp3) is 0.333. The van der Waals surface area contributed by atoms with Gasteiger partial charge < -0.3 is 5.11 Å². The van der Waals surface area contributed by atoms with Crippen molar-refractivity contribution in [3.05, 3.63) is 47.3 Å². The Morgan fingerprint density at radius 1 is 1.38 bits per heavy atom. The molecule has 16 heavy (non-hydrogen) atoms. The molecule has 0 fully saturated rings. The summed E-state index contributed by atoms with van der Waals surface area (Å²) in [6.07, 6.45) is 1.59. The van der Waals surface area contributed by atoms with E-state index in [9.17, 15) is 5.11 Å². The van der Waals surface area contributed by atoms with E-state index < -0.39 is 5.60 Å². The van der Waals surface area contributed by atoms with Gasteiger partial charge in [-0.05, 0) is 19.4 Å². The Bertz CT molecular complexity index is 502. The number of aliphatic hydroxyl groups is 1. The van der Waals surface area contributed by atoms with Gasteiger partial charge in [0.05, 0.1) is 11.9 Å². The average Bonchev–Trinajstić information content (AvgIpc) is 2.65. The second kappa shape index (κ2) is 3.72. The predicted octanol–water partition coefficient (Wildman–Crippen LogP) is 1.38. The number of hydrogen-bond acceptors (Lipinski definition) is 3. The summed E-state index contributed by atoms with van der Waals surface area (Å²) in [6, 6.07) is 7.80. The van der Waals surface area contributed by atoms with Crippen LogP contribution < -0.4 is 0 Å². The summed E-state index contributed by atoms with van der Waals surface area (Å²) in [4.78, 5) is 0. The third kappa shape index (κ3) is 1.72. The number of benzene rings is 1. The molecule has 1 atom stereocenters. The molecular formula is C12H15N3O. The van der Waals surface area contributed by atoms with Gasteiger partial charge in [-0.25, -0.2) is 4.68 Å². The first-order valence-corrected chi connectivity index (χ1v) is 5.16. The number of rotatable bonds is 2. The molecular weight excluding hydrogens is 202 g/mol. The van der Waals surface area contributed by atoms with E-state index in [0.717, 1.165) is 11.1 Å². The Balaban J connectivity index is 2.51. The highest BCUT2D eigenvalue weighted by Crippen LogP contribution is 2.28. The van der Waals surface area contributed by atoms with E-state index in [4.69, 9.17) is 0 Å². The van der Waals surface area contributed by atoms with Crippen molar-refractivity contribution in [3.8, 4) is 0 Å². The molecule has 0 spiro atoms. The molecule has 0 saturated heterocycles. The van der Waals surface area contributed by atoms with Gasteiger partial charge in [0.25, 0.3) is 0 Å². The molecule has 0 aliphatic rings. The maximum atomic E-state index is 10.6. The number of aryl methyl sites for hydroxylation is 2. The maximum absolute atomic E-state index is 10.6. The number of nitrogens with zero attached hydrogens (tertiary/aromatic N) is 3. The van der Waals surface area contributed by atoms with Crippen molar-refractivity contribution in [2.45, 2.75) is 19.4 Å². The lowest BCUT2D eigenvalue weighted by atomic mass is 9.92. The van der Waals surface area contributed by atoms with Crippen molar-refractivity contribution in [1.82, 2.24) is 15.0 Å². The maximum Gasteiger partial charge on any atom is 0.130 e. The molecule has 1 unspecified atom stereocenters. The highest BCUT2D eigenvalue weighted by Gasteiger charge is 2.29. The van der Waals surface area contributed by atoms with Gasteiger partial charge in [-0.15, -0.1) is 5.10 Å². The van der Waals surface area contributed by atoms with Crippen LogP contribution in [0.2, 0.25) is 0 Å². The van der Waals surface area contributed by atoms with E-state index in [0.29, 0.717) is 5.69 Å². The molecule has 1 aromatic heterocycles. The molecule has 1 aromatic carbocycles. The van der Waals surface area contributed by atoms with Gasteiger partial charge in [0.1, 0.15) is 5.60 Å². The van der Waals surface area contributed by atoms with Crippen molar-refractivity contribution in [2.24, 2.45) is 7.05 Å². The van der Waals surface area contributed by atoms with E-state index in [1.807, 2.05) is 31.2 Å². The summed E-state index contributed by atoms with van der Waals surface area (Å²) in [5.41, 5.74) is 1.58. The van der Waals surface area contributed by atoms with Crippen molar-refractivity contribution < 1.29 is 5.11 Å². The molecule has 0 aliphatic heterocycles. The molecule has 0 bridgehead atoms. The Labute approximate surface area is 94.5 Å². The van der Waals surface area contributed by atoms with E-state index in [-0.39, 0.29) is 0 Å².